The van der Waals surface area contributed by atoms with Crippen molar-refractivity contribution in [3.63, 3.8) is 0 Å². The molecule has 0 aliphatic rings. The summed E-state index contributed by atoms with van der Waals surface area (Å²) in [6.45, 7) is 3.74. The van der Waals surface area contributed by atoms with E-state index in [0.29, 0.717) is 6.04 Å². The highest BCUT2D eigenvalue weighted by molar-refractivity contribution is 5.32. The van der Waals surface area contributed by atoms with Gasteiger partial charge in [0, 0.05) is 17.8 Å². The van der Waals surface area contributed by atoms with Crippen LogP contribution in [0.4, 0.5) is 0 Å². The second-order valence-electron chi connectivity index (χ2n) is 4.39. The third-order valence-electron chi connectivity index (χ3n) is 3.16. The summed E-state index contributed by atoms with van der Waals surface area (Å²) < 4.78 is 5.36. The first-order chi connectivity index (χ1) is 8.83. The number of nitrogens with one attached hydrogen (secondary N) is 1. The number of unbranched alkanes of at least 4 members (excludes halogenated alkanes) is 3. The van der Waals surface area contributed by atoms with Gasteiger partial charge < -0.3 is 10.1 Å². The number of nitrogens with zero attached hydrogens (tertiary/aromatic N) is 1. The fourth-order valence-electron chi connectivity index (χ4n) is 2.12. The number of aromatic nitrogens is 1. The van der Waals surface area contributed by atoms with Crippen LogP contribution in [0.1, 0.15) is 43.7 Å². The Bertz CT molecular complexity index is 352. The van der Waals surface area contributed by atoms with E-state index in [9.17, 15) is 0 Å². The molecule has 0 radical (unpaired) electrons. The Balaban J connectivity index is 2.51. The molecule has 0 aromatic carbocycles. The molecule has 1 atom stereocenters. The molecule has 1 heterocycles. The number of pyridine rings is 1. The predicted octanol–water partition coefficient (Wildman–Crippen LogP) is 3.49. The van der Waals surface area contributed by atoms with E-state index in [1.165, 1.54) is 24.8 Å². The third-order valence-corrected chi connectivity index (χ3v) is 3.16. The molecule has 0 spiro atoms. The van der Waals surface area contributed by atoms with Crippen LogP contribution >= 0.6 is 0 Å². The summed E-state index contributed by atoms with van der Waals surface area (Å²) in [5.41, 5.74) is 1.19. The van der Waals surface area contributed by atoms with Crippen LogP contribution in [-0.2, 0) is 0 Å². The first-order valence-electron chi connectivity index (χ1n) is 6.59. The number of hydrogen-bond donors (Lipinski definition) is 1. The van der Waals surface area contributed by atoms with Gasteiger partial charge in [-0.05, 0) is 32.4 Å². The van der Waals surface area contributed by atoms with Crippen LogP contribution in [-0.4, -0.2) is 19.1 Å². The van der Waals surface area contributed by atoms with Crippen LogP contribution in [0.3, 0.4) is 0 Å². The molecule has 1 N–H and O–H groups in total. The van der Waals surface area contributed by atoms with Crippen LogP contribution in [0.2, 0.25) is 0 Å². The van der Waals surface area contributed by atoms with E-state index in [1.54, 1.807) is 13.3 Å². The van der Waals surface area contributed by atoms with Crippen LogP contribution in [0.25, 0.3) is 0 Å². The monoisotopic (exact) mass is 248 g/mol. The van der Waals surface area contributed by atoms with E-state index in [-0.39, 0.29) is 0 Å². The Kier molecular flexibility index (Phi) is 7.11. The van der Waals surface area contributed by atoms with Crippen LogP contribution in [0, 0.1) is 0 Å². The minimum absolute atomic E-state index is 0.340. The van der Waals surface area contributed by atoms with Gasteiger partial charge in [0.25, 0.3) is 0 Å². The van der Waals surface area contributed by atoms with Gasteiger partial charge in [-0.15, -0.1) is 6.58 Å². The molecule has 0 saturated carbocycles. The minimum Gasteiger partial charge on any atom is -0.495 e. The van der Waals surface area contributed by atoms with Crippen molar-refractivity contribution in [2.45, 2.75) is 38.1 Å². The maximum absolute atomic E-state index is 5.36. The Labute approximate surface area is 110 Å². The zero-order chi connectivity index (χ0) is 13.2. The van der Waals surface area contributed by atoms with Crippen molar-refractivity contribution in [3.05, 3.63) is 36.7 Å². The molecule has 1 aromatic rings. The van der Waals surface area contributed by atoms with Gasteiger partial charge in [-0.1, -0.05) is 18.9 Å². The van der Waals surface area contributed by atoms with E-state index in [0.717, 1.165) is 18.6 Å². The molecule has 3 heteroatoms. The van der Waals surface area contributed by atoms with E-state index in [4.69, 9.17) is 4.74 Å². The number of ether oxygens (including phenoxy) is 1. The molecule has 0 bridgehead atoms. The highest BCUT2D eigenvalue weighted by Crippen LogP contribution is 2.27. The van der Waals surface area contributed by atoms with Gasteiger partial charge in [-0.2, -0.15) is 0 Å². The Morgan fingerprint density at radius 3 is 2.94 bits per heavy atom. The summed E-state index contributed by atoms with van der Waals surface area (Å²) >= 11 is 0. The second kappa shape index (κ2) is 8.70. The zero-order valence-electron chi connectivity index (χ0n) is 11.5. The molecule has 0 aliphatic heterocycles. The molecule has 0 saturated heterocycles. The van der Waals surface area contributed by atoms with Crippen molar-refractivity contribution in [1.82, 2.24) is 10.3 Å². The van der Waals surface area contributed by atoms with E-state index >= 15 is 0 Å². The lowest BCUT2D eigenvalue weighted by Gasteiger charge is -2.18. The van der Waals surface area contributed by atoms with E-state index in [2.05, 4.69) is 16.9 Å². The molecule has 3 nitrogen and oxygen atoms in total. The number of allylic oxidation sites excluding steroid dienone is 1. The predicted molar refractivity (Wildman–Crippen MR) is 75.9 cm³/mol. The van der Waals surface area contributed by atoms with Crippen LogP contribution < -0.4 is 10.1 Å². The topological polar surface area (TPSA) is 34.2 Å². The van der Waals surface area contributed by atoms with E-state index in [1.807, 2.05) is 25.4 Å². The smallest absolute Gasteiger partial charge is 0.141 e. The fourth-order valence-corrected chi connectivity index (χ4v) is 2.12. The van der Waals surface area contributed by atoms with Crippen molar-refractivity contribution in [3.8, 4) is 5.75 Å². The molecule has 100 valence electrons. The first kappa shape index (κ1) is 14.7. The van der Waals surface area contributed by atoms with Crippen LogP contribution in [0.5, 0.6) is 5.75 Å². The van der Waals surface area contributed by atoms with Gasteiger partial charge in [-0.25, -0.2) is 0 Å². The molecule has 1 aromatic heterocycles. The van der Waals surface area contributed by atoms with Gasteiger partial charge in [0.1, 0.15) is 5.75 Å². The van der Waals surface area contributed by atoms with Gasteiger partial charge >= 0.3 is 0 Å². The Hall–Kier alpha value is -1.35. The highest BCUT2D eigenvalue weighted by Gasteiger charge is 2.13. The summed E-state index contributed by atoms with van der Waals surface area (Å²) in [5, 5.41) is 3.36. The summed E-state index contributed by atoms with van der Waals surface area (Å²) in [6, 6.07) is 2.37. The lowest BCUT2D eigenvalue weighted by Crippen LogP contribution is -2.17. The summed E-state index contributed by atoms with van der Waals surface area (Å²) in [7, 11) is 3.69. The van der Waals surface area contributed by atoms with Crippen molar-refractivity contribution >= 4 is 0 Å². The zero-order valence-corrected chi connectivity index (χ0v) is 11.5. The van der Waals surface area contributed by atoms with Gasteiger partial charge in [0.05, 0.1) is 13.3 Å². The SMILES string of the molecule is C=CCCCCCC(NC)c1ccncc1OC. The normalized spacial score (nSPS) is 12.1. The maximum atomic E-state index is 5.36. The van der Waals surface area contributed by atoms with Gasteiger partial charge in [0.2, 0.25) is 0 Å². The minimum atomic E-state index is 0.340. The van der Waals surface area contributed by atoms with Gasteiger partial charge in [0.15, 0.2) is 0 Å². The average Bonchev–Trinajstić information content (AvgIpc) is 2.43. The standard InChI is InChI=1S/C15H24N2O/c1-4-5-6-7-8-9-14(16-2)13-10-11-17-12-15(13)18-3/h4,10-12,14,16H,1,5-9H2,2-3H3. The second-order valence-corrected chi connectivity index (χ2v) is 4.39. The molecular weight excluding hydrogens is 224 g/mol. The molecule has 1 unspecified atom stereocenters. The van der Waals surface area contributed by atoms with Crippen molar-refractivity contribution in [2.75, 3.05) is 14.2 Å². The lowest BCUT2D eigenvalue weighted by molar-refractivity contribution is 0.394. The molecule has 1 rings (SSSR count). The summed E-state index contributed by atoms with van der Waals surface area (Å²) in [6.07, 6.45) is 11.5. The number of rotatable bonds is 9. The van der Waals surface area contributed by atoms with Gasteiger partial charge in [-0.3, -0.25) is 4.98 Å². The fraction of sp³-hybridized carbons (Fsp3) is 0.533. The van der Waals surface area contributed by atoms with Crippen molar-refractivity contribution in [1.29, 1.82) is 0 Å². The van der Waals surface area contributed by atoms with Crippen molar-refractivity contribution in [2.24, 2.45) is 0 Å². The highest BCUT2D eigenvalue weighted by atomic mass is 16.5. The third kappa shape index (κ3) is 4.49. The molecular formula is C15H24N2O. The lowest BCUT2D eigenvalue weighted by atomic mass is 10.0. The van der Waals surface area contributed by atoms with Crippen LogP contribution in [0.15, 0.2) is 31.1 Å². The Morgan fingerprint density at radius 2 is 2.28 bits per heavy atom. The molecule has 18 heavy (non-hydrogen) atoms. The maximum Gasteiger partial charge on any atom is 0.141 e. The summed E-state index contributed by atoms with van der Waals surface area (Å²) in [4.78, 5) is 4.09. The largest absolute Gasteiger partial charge is 0.495 e. The number of hydrogen-bond acceptors (Lipinski definition) is 3. The summed E-state index contributed by atoms with van der Waals surface area (Å²) in [5.74, 6) is 0.864. The molecule has 0 aliphatic carbocycles. The first-order valence-corrected chi connectivity index (χ1v) is 6.59. The molecule has 0 amide bonds. The average molecular weight is 248 g/mol. The number of methoxy groups -OCH3 is 1. The van der Waals surface area contributed by atoms with Crippen molar-refractivity contribution < 1.29 is 4.74 Å². The Morgan fingerprint density at radius 1 is 1.44 bits per heavy atom. The quantitative estimate of drug-likeness (QED) is 0.536. The van der Waals surface area contributed by atoms with E-state index < -0.39 is 0 Å². The molecule has 0 fully saturated rings.